The summed E-state index contributed by atoms with van der Waals surface area (Å²) in [6, 6.07) is 11.6. The lowest BCUT2D eigenvalue weighted by molar-refractivity contribution is 0.0698. The van der Waals surface area contributed by atoms with Gasteiger partial charge in [-0.25, -0.2) is 4.79 Å². The third-order valence-electron chi connectivity index (χ3n) is 2.17. The fraction of sp³-hybridized carbons (Fsp3) is 0.0833. The highest BCUT2D eigenvalue weighted by Crippen LogP contribution is 2.30. The molecule has 0 fully saturated rings. The van der Waals surface area contributed by atoms with Crippen LogP contribution in [0.25, 0.3) is 0 Å². The van der Waals surface area contributed by atoms with Crippen molar-refractivity contribution in [2.75, 3.05) is 5.73 Å². The zero-order valence-corrected chi connectivity index (χ0v) is 10.6. The van der Waals surface area contributed by atoms with Gasteiger partial charge in [-0.3, -0.25) is 0 Å². The number of anilines is 1. The average Bonchev–Trinajstić information content (AvgIpc) is 2.69. The normalized spacial score (nSPS) is 10.4. The molecular weight excluding hydrogens is 254 g/mol. The number of aromatic carboxylic acids is 1. The van der Waals surface area contributed by atoms with Gasteiger partial charge in [-0.15, -0.1) is 23.1 Å². The van der Waals surface area contributed by atoms with Crippen LogP contribution in [0.2, 0.25) is 0 Å². The molecule has 0 aliphatic rings. The highest BCUT2D eigenvalue weighted by Gasteiger charge is 2.12. The standard InChI is InChI=1S/C12H11NO2S2/c13-11-10(12(14)15)6-9(17-11)7-16-8-4-2-1-3-5-8/h1-6H,7,13H2,(H,14,15). The number of nitrogen functional groups attached to an aromatic ring is 1. The van der Waals surface area contributed by atoms with E-state index < -0.39 is 5.97 Å². The van der Waals surface area contributed by atoms with Crippen LogP contribution in [-0.4, -0.2) is 11.1 Å². The van der Waals surface area contributed by atoms with Gasteiger partial charge in [-0.1, -0.05) is 18.2 Å². The van der Waals surface area contributed by atoms with Gasteiger partial charge in [-0.2, -0.15) is 0 Å². The largest absolute Gasteiger partial charge is 0.478 e. The molecule has 0 spiro atoms. The van der Waals surface area contributed by atoms with Crippen LogP contribution in [0.4, 0.5) is 5.00 Å². The number of thiophene rings is 1. The molecule has 1 heterocycles. The van der Waals surface area contributed by atoms with E-state index in [0.717, 1.165) is 15.5 Å². The van der Waals surface area contributed by atoms with Crippen molar-refractivity contribution >= 4 is 34.1 Å². The van der Waals surface area contributed by atoms with Crippen LogP contribution in [0.3, 0.4) is 0 Å². The molecule has 88 valence electrons. The molecule has 0 aliphatic heterocycles. The molecule has 2 rings (SSSR count). The Bertz CT molecular complexity index is 523. The maximum Gasteiger partial charge on any atom is 0.338 e. The Morgan fingerprint density at radius 2 is 2.06 bits per heavy atom. The first-order valence-electron chi connectivity index (χ1n) is 4.96. The third-order valence-corrected chi connectivity index (χ3v) is 4.37. The predicted octanol–water partition coefficient (Wildman–Crippen LogP) is 3.32. The van der Waals surface area contributed by atoms with Crippen molar-refractivity contribution in [3.8, 4) is 0 Å². The van der Waals surface area contributed by atoms with Crippen molar-refractivity contribution in [3.63, 3.8) is 0 Å². The summed E-state index contributed by atoms with van der Waals surface area (Å²) in [5.74, 6) is -0.221. The number of carboxylic acids is 1. The Hall–Kier alpha value is -1.46. The van der Waals surface area contributed by atoms with E-state index in [0.29, 0.717) is 5.00 Å². The molecule has 0 amide bonds. The summed E-state index contributed by atoms with van der Waals surface area (Å²) in [7, 11) is 0. The number of carboxylic acid groups (broad SMARTS) is 1. The summed E-state index contributed by atoms with van der Waals surface area (Å²) in [6.45, 7) is 0. The van der Waals surface area contributed by atoms with E-state index in [1.165, 1.54) is 11.3 Å². The molecule has 0 radical (unpaired) electrons. The topological polar surface area (TPSA) is 63.3 Å². The zero-order valence-electron chi connectivity index (χ0n) is 8.92. The van der Waals surface area contributed by atoms with E-state index in [1.54, 1.807) is 17.8 Å². The second-order valence-electron chi connectivity index (χ2n) is 3.40. The Balaban J connectivity index is 2.05. The molecule has 17 heavy (non-hydrogen) atoms. The molecule has 1 aromatic heterocycles. The lowest BCUT2D eigenvalue weighted by Gasteiger charge is -1.97. The van der Waals surface area contributed by atoms with Gasteiger partial charge < -0.3 is 10.8 Å². The van der Waals surface area contributed by atoms with Crippen LogP contribution >= 0.6 is 23.1 Å². The van der Waals surface area contributed by atoms with Crippen molar-refractivity contribution in [2.24, 2.45) is 0 Å². The summed E-state index contributed by atoms with van der Waals surface area (Å²) in [6.07, 6.45) is 0. The average molecular weight is 265 g/mol. The molecule has 3 N–H and O–H groups in total. The number of hydrogen-bond donors (Lipinski definition) is 2. The maximum atomic E-state index is 10.8. The van der Waals surface area contributed by atoms with Crippen LogP contribution < -0.4 is 5.73 Å². The Morgan fingerprint density at radius 1 is 1.35 bits per heavy atom. The zero-order chi connectivity index (χ0) is 12.3. The van der Waals surface area contributed by atoms with Gasteiger partial charge in [0.1, 0.15) is 5.00 Å². The van der Waals surface area contributed by atoms with Gasteiger partial charge in [0.25, 0.3) is 0 Å². The minimum Gasteiger partial charge on any atom is -0.478 e. The molecule has 1 aromatic carbocycles. The first-order valence-corrected chi connectivity index (χ1v) is 6.76. The highest BCUT2D eigenvalue weighted by atomic mass is 32.2. The van der Waals surface area contributed by atoms with E-state index in [2.05, 4.69) is 0 Å². The highest BCUT2D eigenvalue weighted by molar-refractivity contribution is 7.98. The number of thioether (sulfide) groups is 1. The molecule has 0 atom stereocenters. The molecule has 2 aromatic rings. The number of rotatable bonds is 4. The summed E-state index contributed by atoms with van der Waals surface area (Å²) >= 11 is 3.01. The molecule has 0 saturated heterocycles. The van der Waals surface area contributed by atoms with Gasteiger partial charge in [0.05, 0.1) is 5.56 Å². The second kappa shape index (κ2) is 5.25. The van der Waals surface area contributed by atoms with Crippen molar-refractivity contribution in [1.82, 2.24) is 0 Å². The van der Waals surface area contributed by atoms with E-state index in [1.807, 2.05) is 30.3 Å². The fourth-order valence-electron chi connectivity index (χ4n) is 1.37. The number of hydrogen-bond acceptors (Lipinski definition) is 4. The lowest BCUT2D eigenvalue weighted by Crippen LogP contribution is -1.97. The van der Waals surface area contributed by atoms with Gasteiger partial charge in [0, 0.05) is 15.5 Å². The van der Waals surface area contributed by atoms with Crippen molar-refractivity contribution in [2.45, 2.75) is 10.6 Å². The first kappa shape index (κ1) is 12.0. The van der Waals surface area contributed by atoms with E-state index in [9.17, 15) is 4.79 Å². The Labute approximate surface area is 107 Å². The Morgan fingerprint density at radius 3 is 2.65 bits per heavy atom. The van der Waals surface area contributed by atoms with Gasteiger partial charge in [0.2, 0.25) is 0 Å². The van der Waals surface area contributed by atoms with E-state index >= 15 is 0 Å². The number of carbonyl (C=O) groups is 1. The van der Waals surface area contributed by atoms with E-state index in [4.69, 9.17) is 10.8 Å². The van der Waals surface area contributed by atoms with Crippen LogP contribution in [0.1, 0.15) is 15.2 Å². The van der Waals surface area contributed by atoms with Gasteiger partial charge >= 0.3 is 5.97 Å². The summed E-state index contributed by atoms with van der Waals surface area (Å²) in [5.41, 5.74) is 5.85. The van der Waals surface area contributed by atoms with Crippen molar-refractivity contribution in [3.05, 3.63) is 46.8 Å². The maximum absolute atomic E-state index is 10.8. The lowest BCUT2D eigenvalue weighted by atomic mass is 10.3. The monoisotopic (exact) mass is 265 g/mol. The van der Waals surface area contributed by atoms with Gasteiger partial charge in [-0.05, 0) is 18.2 Å². The molecule has 0 aliphatic carbocycles. The summed E-state index contributed by atoms with van der Waals surface area (Å²) in [4.78, 5) is 13.0. The Kier molecular flexibility index (Phi) is 3.71. The SMILES string of the molecule is Nc1sc(CSc2ccccc2)cc1C(=O)O. The van der Waals surface area contributed by atoms with Crippen molar-refractivity contribution in [1.29, 1.82) is 0 Å². The van der Waals surface area contributed by atoms with Crippen LogP contribution in [0.15, 0.2) is 41.3 Å². The molecule has 5 heteroatoms. The molecular formula is C12H11NO2S2. The van der Waals surface area contributed by atoms with Crippen LogP contribution in [-0.2, 0) is 5.75 Å². The second-order valence-corrected chi connectivity index (χ2v) is 5.61. The molecule has 0 bridgehead atoms. The molecule has 3 nitrogen and oxygen atoms in total. The predicted molar refractivity (Wildman–Crippen MR) is 71.7 cm³/mol. The summed E-state index contributed by atoms with van der Waals surface area (Å²) in [5, 5.41) is 9.26. The van der Waals surface area contributed by atoms with Crippen LogP contribution in [0.5, 0.6) is 0 Å². The van der Waals surface area contributed by atoms with Crippen LogP contribution in [0, 0.1) is 0 Å². The van der Waals surface area contributed by atoms with E-state index in [-0.39, 0.29) is 5.56 Å². The number of benzene rings is 1. The quantitative estimate of drug-likeness (QED) is 0.832. The molecule has 0 unspecified atom stereocenters. The first-order chi connectivity index (χ1) is 8.16. The molecule has 0 saturated carbocycles. The van der Waals surface area contributed by atoms with Gasteiger partial charge in [0.15, 0.2) is 0 Å². The third kappa shape index (κ3) is 3.01. The smallest absolute Gasteiger partial charge is 0.338 e. The minimum absolute atomic E-state index is 0.207. The summed E-state index contributed by atoms with van der Waals surface area (Å²) < 4.78 is 0. The minimum atomic E-state index is -0.963. The van der Waals surface area contributed by atoms with Crippen molar-refractivity contribution < 1.29 is 9.90 Å². The number of nitrogens with two attached hydrogens (primary N) is 1. The fourth-order valence-corrected chi connectivity index (χ4v) is 3.24.